The molecule has 96 valence electrons. The molecule has 2 rings (SSSR count). The van der Waals surface area contributed by atoms with Gasteiger partial charge in [0.05, 0.1) is 13.3 Å². The fourth-order valence-electron chi connectivity index (χ4n) is 1.90. The Morgan fingerprint density at radius 2 is 2.44 bits per heavy atom. The van der Waals surface area contributed by atoms with E-state index in [1.54, 1.807) is 13.3 Å². The average Bonchev–Trinajstić information content (AvgIpc) is 2.66. The van der Waals surface area contributed by atoms with Crippen LogP contribution in [0.2, 0.25) is 0 Å². The molecule has 0 bridgehead atoms. The van der Waals surface area contributed by atoms with Gasteiger partial charge in [0.25, 0.3) is 0 Å². The van der Waals surface area contributed by atoms with Crippen LogP contribution < -0.4 is 20.6 Å². The number of hydrogen-bond acceptors (Lipinski definition) is 4. The molecule has 1 aliphatic rings. The van der Waals surface area contributed by atoms with Crippen molar-refractivity contribution in [3.05, 3.63) is 23.3 Å². The molecule has 0 aromatic heterocycles. The molecule has 3 N–H and O–H groups in total. The maximum atomic E-state index is 5.69. The van der Waals surface area contributed by atoms with Gasteiger partial charge in [-0.2, -0.15) is 5.10 Å². The molecule has 1 aliphatic heterocycles. The number of benzene rings is 1. The Kier molecular flexibility index (Phi) is 3.66. The van der Waals surface area contributed by atoms with E-state index in [9.17, 15) is 0 Å². The summed E-state index contributed by atoms with van der Waals surface area (Å²) in [7, 11) is 1.62. The van der Waals surface area contributed by atoms with Crippen molar-refractivity contribution in [1.82, 2.24) is 5.43 Å². The van der Waals surface area contributed by atoms with Gasteiger partial charge in [0.1, 0.15) is 17.6 Å². The van der Waals surface area contributed by atoms with Gasteiger partial charge < -0.3 is 15.2 Å². The van der Waals surface area contributed by atoms with Crippen LogP contribution in [0.3, 0.4) is 0 Å². The molecular formula is C12H15N3O2S. The summed E-state index contributed by atoms with van der Waals surface area (Å²) in [6, 6.07) is 3.88. The quantitative estimate of drug-likeness (QED) is 0.488. The minimum Gasteiger partial charge on any atom is -0.496 e. The van der Waals surface area contributed by atoms with Gasteiger partial charge in [0.15, 0.2) is 5.11 Å². The second-order valence-electron chi connectivity index (χ2n) is 4.07. The summed E-state index contributed by atoms with van der Waals surface area (Å²) in [6.45, 7) is 2.04. The molecule has 1 unspecified atom stereocenters. The van der Waals surface area contributed by atoms with E-state index in [4.69, 9.17) is 15.2 Å². The standard InChI is InChI=1S/C12H15N3O2S/c1-7-3-8-4-10(16-2)9(5-11(8)17-7)6-14-15-12(13)18/h4-7H,3H2,1-2H3,(H3,13,15,18)/b14-6+. The summed E-state index contributed by atoms with van der Waals surface area (Å²) in [6.07, 6.45) is 2.70. The monoisotopic (exact) mass is 265 g/mol. The zero-order chi connectivity index (χ0) is 13.1. The lowest BCUT2D eigenvalue weighted by Gasteiger charge is -2.07. The van der Waals surface area contributed by atoms with Crippen LogP contribution in [0.1, 0.15) is 18.1 Å². The minimum atomic E-state index is 0.122. The predicted molar refractivity (Wildman–Crippen MR) is 74.3 cm³/mol. The lowest BCUT2D eigenvalue weighted by Crippen LogP contribution is -2.24. The first kappa shape index (κ1) is 12.6. The second kappa shape index (κ2) is 5.22. The number of nitrogens with one attached hydrogen (secondary N) is 1. The summed E-state index contributed by atoms with van der Waals surface area (Å²) in [4.78, 5) is 0. The first-order chi connectivity index (χ1) is 8.60. The Hall–Kier alpha value is -1.82. The van der Waals surface area contributed by atoms with Crippen molar-refractivity contribution >= 4 is 23.5 Å². The molecule has 0 aliphatic carbocycles. The Labute approximate surface area is 111 Å². The Morgan fingerprint density at radius 3 is 3.11 bits per heavy atom. The number of hydrazone groups is 1. The highest BCUT2D eigenvalue weighted by Gasteiger charge is 2.21. The number of thiocarbonyl (C=S) groups is 1. The van der Waals surface area contributed by atoms with Crippen LogP contribution in [0.25, 0.3) is 0 Å². The molecule has 0 saturated carbocycles. The lowest BCUT2D eigenvalue weighted by molar-refractivity contribution is 0.254. The molecule has 0 radical (unpaired) electrons. The number of rotatable bonds is 3. The van der Waals surface area contributed by atoms with E-state index in [0.717, 1.165) is 29.0 Å². The van der Waals surface area contributed by atoms with Crippen molar-refractivity contribution in [2.24, 2.45) is 10.8 Å². The van der Waals surface area contributed by atoms with Crippen LogP contribution in [0.15, 0.2) is 17.2 Å². The van der Waals surface area contributed by atoms with E-state index in [1.165, 1.54) is 0 Å². The normalized spacial score (nSPS) is 17.3. The molecule has 5 nitrogen and oxygen atoms in total. The van der Waals surface area contributed by atoms with E-state index in [-0.39, 0.29) is 11.2 Å². The molecule has 1 aromatic carbocycles. The molecule has 0 spiro atoms. The van der Waals surface area contributed by atoms with Gasteiger partial charge in [-0.25, -0.2) is 0 Å². The van der Waals surface area contributed by atoms with Crippen molar-refractivity contribution in [2.45, 2.75) is 19.4 Å². The molecule has 1 heterocycles. The molecule has 0 amide bonds. The van der Waals surface area contributed by atoms with Gasteiger partial charge in [-0.3, -0.25) is 5.43 Å². The third-order valence-electron chi connectivity index (χ3n) is 2.63. The highest BCUT2D eigenvalue weighted by molar-refractivity contribution is 7.80. The smallest absolute Gasteiger partial charge is 0.184 e. The van der Waals surface area contributed by atoms with Crippen molar-refractivity contribution in [3.63, 3.8) is 0 Å². The molecule has 0 saturated heterocycles. The third-order valence-corrected chi connectivity index (χ3v) is 2.72. The SMILES string of the molecule is COc1cc2c(cc1/C=N/NC(N)=S)OC(C)C2. The van der Waals surface area contributed by atoms with Crippen molar-refractivity contribution in [3.8, 4) is 11.5 Å². The number of ether oxygens (including phenoxy) is 2. The summed E-state index contributed by atoms with van der Waals surface area (Å²) in [5, 5.41) is 4.04. The topological polar surface area (TPSA) is 68.9 Å². The Bertz CT molecular complexity index is 502. The number of methoxy groups -OCH3 is 1. The van der Waals surface area contributed by atoms with E-state index < -0.39 is 0 Å². The van der Waals surface area contributed by atoms with Gasteiger partial charge in [-0.15, -0.1) is 0 Å². The maximum Gasteiger partial charge on any atom is 0.184 e. The average molecular weight is 265 g/mol. The molecule has 0 fully saturated rings. The van der Waals surface area contributed by atoms with Gasteiger partial charge in [-0.05, 0) is 31.3 Å². The van der Waals surface area contributed by atoms with Crippen LogP contribution in [0.4, 0.5) is 0 Å². The molecular weight excluding hydrogens is 250 g/mol. The van der Waals surface area contributed by atoms with Crippen LogP contribution >= 0.6 is 12.2 Å². The van der Waals surface area contributed by atoms with Gasteiger partial charge >= 0.3 is 0 Å². The Morgan fingerprint density at radius 1 is 1.67 bits per heavy atom. The number of nitrogens with zero attached hydrogens (tertiary/aromatic N) is 1. The zero-order valence-corrected chi connectivity index (χ0v) is 11.1. The van der Waals surface area contributed by atoms with Gasteiger partial charge in [-0.1, -0.05) is 0 Å². The third kappa shape index (κ3) is 2.70. The predicted octanol–water partition coefficient (Wildman–Crippen LogP) is 1.19. The van der Waals surface area contributed by atoms with Crippen molar-refractivity contribution in [1.29, 1.82) is 0 Å². The molecule has 18 heavy (non-hydrogen) atoms. The van der Waals surface area contributed by atoms with Crippen molar-refractivity contribution in [2.75, 3.05) is 7.11 Å². The molecule has 1 atom stereocenters. The fourth-order valence-corrected chi connectivity index (χ4v) is 1.95. The van der Waals surface area contributed by atoms with E-state index in [0.29, 0.717) is 0 Å². The summed E-state index contributed by atoms with van der Waals surface area (Å²) >= 11 is 4.66. The van der Waals surface area contributed by atoms with E-state index >= 15 is 0 Å². The van der Waals surface area contributed by atoms with Gasteiger partial charge in [0.2, 0.25) is 0 Å². The highest BCUT2D eigenvalue weighted by Crippen LogP contribution is 2.34. The van der Waals surface area contributed by atoms with Crippen LogP contribution in [-0.2, 0) is 6.42 Å². The summed E-state index contributed by atoms with van der Waals surface area (Å²) in [5.74, 6) is 1.63. The summed E-state index contributed by atoms with van der Waals surface area (Å²) < 4.78 is 11.0. The minimum absolute atomic E-state index is 0.122. The molecule has 6 heteroatoms. The van der Waals surface area contributed by atoms with Crippen LogP contribution in [-0.4, -0.2) is 24.5 Å². The second-order valence-corrected chi connectivity index (χ2v) is 4.51. The summed E-state index contributed by atoms with van der Waals surface area (Å²) in [5.41, 5.74) is 9.76. The first-order valence-electron chi connectivity index (χ1n) is 5.56. The number of fused-ring (bicyclic) bond motifs is 1. The lowest BCUT2D eigenvalue weighted by atomic mass is 10.1. The Balaban J connectivity index is 2.27. The van der Waals surface area contributed by atoms with Crippen LogP contribution in [0.5, 0.6) is 11.5 Å². The van der Waals surface area contributed by atoms with Gasteiger partial charge in [0, 0.05) is 17.5 Å². The highest BCUT2D eigenvalue weighted by atomic mass is 32.1. The number of nitrogens with two attached hydrogens (primary N) is 1. The maximum absolute atomic E-state index is 5.69. The molecule has 1 aromatic rings. The van der Waals surface area contributed by atoms with Crippen LogP contribution in [0, 0.1) is 0 Å². The van der Waals surface area contributed by atoms with Crippen molar-refractivity contribution < 1.29 is 9.47 Å². The van der Waals surface area contributed by atoms with E-state index in [1.807, 2.05) is 19.1 Å². The fraction of sp³-hybridized carbons (Fsp3) is 0.333. The first-order valence-corrected chi connectivity index (χ1v) is 5.97. The largest absolute Gasteiger partial charge is 0.496 e. The number of hydrogen-bond donors (Lipinski definition) is 2. The zero-order valence-electron chi connectivity index (χ0n) is 10.3. The van der Waals surface area contributed by atoms with E-state index in [2.05, 4.69) is 22.7 Å².